The normalized spacial score (nSPS) is 13.9. The number of pyridine rings is 1. The van der Waals surface area contributed by atoms with Gasteiger partial charge in [0.25, 0.3) is 0 Å². The third-order valence-corrected chi connectivity index (χ3v) is 5.69. The number of benzene rings is 1. The molecule has 0 unspecified atom stereocenters. The first-order valence-corrected chi connectivity index (χ1v) is 10.1. The second-order valence-electron chi connectivity index (χ2n) is 7.74. The van der Waals surface area contributed by atoms with Crippen LogP contribution >= 0.6 is 0 Å². The van der Waals surface area contributed by atoms with E-state index in [4.69, 9.17) is 5.73 Å². The van der Waals surface area contributed by atoms with Crippen LogP contribution in [0.3, 0.4) is 0 Å². The van der Waals surface area contributed by atoms with Crippen LogP contribution in [-0.4, -0.2) is 29.0 Å². The molecule has 3 aromatic rings. The van der Waals surface area contributed by atoms with Crippen LogP contribution in [0.5, 0.6) is 0 Å². The van der Waals surface area contributed by atoms with Gasteiger partial charge >= 0.3 is 0 Å². The Morgan fingerprint density at radius 2 is 1.97 bits per heavy atom. The number of aromatic nitrogens is 2. The van der Waals surface area contributed by atoms with Crippen molar-refractivity contribution in [2.24, 2.45) is 0 Å². The second-order valence-corrected chi connectivity index (χ2v) is 7.74. The number of nitrogens with zero attached hydrogens (tertiary/aromatic N) is 2. The van der Waals surface area contributed by atoms with Crippen LogP contribution < -0.4 is 5.73 Å². The predicted molar refractivity (Wildman–Crippen MR) is 124 cm³/mol. The van der Waals surface area contributed by atoms with Crippen molar-refractivity contribution < 1.29 is 0 Å². The molecule has 4 nitrogen and oxygen atoms in total. The molecule has 1 aliphatic rings. The van der Waals surface area contributed by atoms with Gasteiger partial charge in [-0.25, -0.2) is 4.98 Å². The van der Waals surface area contributed by atoms with Crippen LogP contribution in [0.15, 0.2) is 61.0 Å². The first kappa shape index (κ1) is 19.1. The highest BCUT2D eigenvalue weighted by molar-refractivity contribution is 5.97. The maximum absolute atomic E-state index is 6.21. The highest BCUT2D eigenvalue weighted by Crippen LogP contribution is 2.36. The molecule has 0 fully saturated rings. The number of aromatic amines is 1. The summed E-state index contributed by atoms with van der Waals surface area (Å²) in [6.45, 7) is 6.39. The molecule has 148 valence electrons. The summed E-state index contributed by atoms with van der Waals surface area (Å²) in [6.07, 6.45) is 12.0. The van der Waals surface area contributed by atoms with Crippen LogP contribution in [0.25, 0.3) is 33.4 Å². The lowest BCUT2D eigenvalue weighted by Crippen LogP contribution is -2.10. The average Bonchev–Trinajstić information content (AvgIpc) is 3.16. The predicted octanol–water partition coefficient (Wildman–Crippen LogP) is 5.86. The molecule has 0 atom stereocenters. The van der Waals surface area contributed by atoms with Gasteiger partial charge in [-0.1, -0.05) is 31.7 Å². The van der Waals surface area contributed by atoms with E-state index in [1.807, 2.05) is 37.3 Å². The molecule has 4 rings (SSSR count). The van der Waals surface area contributed by atoms with Gasteiger partial charge in [0.2, 0.25) is 0 Å². The summed E-state index contributed by atoms with van der Waals surface area (Å²) in [5.41, 5.74) is 15.8. The molecule has 0 saturated heterocycles. The van der Waals surface area contributed by atoms with Gasteiger partial charge in [0.15, 0.2) is 0 Å². The zero-order valence-electron chi connectivity index (χ0n) is 17.4. The summed E-state index contributed by atoms with van der Waals surface area (Å²) in [4.78, 5) is 10.0. The fourth-order valence-electron chi connectivity index (χ4n) is 3.95. The van der Waals surface area contributed by atoms with Gasteiger partial charge in [-0.3, -0.25) is 0 Å². The van der Waals surface area contributed by atoms with Gasteiger partial charge in [-0.2, -0.15) is 0 Å². The Bertz CT molecular complexity index is 1140. The van der Waals surface area contributed by atoms with Crippen molar-refractivity contribution in [2.75, 3.05) is 19.8 Å². The number of nitrogens with one attached hydrogen (secondary N) is 1. The Hall–Kier alpha value is -3.27. The minimum absolute atomic E-state index is 0.730. The maximum atomic E-state index is 6.21. The van der Waals surface area contributed by atoms with E-state index in [1.54, 1.807) is 0 Å². The van der Waals surface area contributed by atoms with Crippen molar-refractivity contribution in [3.05, 3.63) is 72.1 Å². The SMILES string of the molecule is C=C(c1cc(-c2cnc3[nH]cc(C4=CCCC=C4CC)c3c2)ccc1N)N(C)C. The number of nitrogen functional groups attached to an aromatic ring is 1. The smallest absolute Gasteiger partial charge is 0.137 e. The van der Waals surface area contributed by atoms with Gasteiger partial charge in [0.1, 0.15) is 5.65 Å². The van der Waals surface area contributed by atoms with Crippen LogP contribution in [0.4, 0.5) is 5.69 Å². The summed E-state index contributed by atoms with van der Waals surface area (Å²) in [5.74, 6) is 0. The molecule has 1 aliphatic carbocycles. The van der Waals surface area contributed by atoms with E-state index < -0.39 is 0 Å². The first-order valence-electron chi connectivity index (χ1n) is 10.1. The standard InChI is InChI=1S/C25H28N4/c1-5-17-8-6-7-9-20(17)23-15-28-25-22(23)13-19(14-27-25)18-10-11-24(26)21(12-18)16(2)29(3)4/h8-15H,2,5-7,26H2,1,3-4H3,(H,27,28). The highest BCUT2D eigenvalue weighted by atomic mass is 15.1. The molecule has 0 amide bonds. The molecular weight excluding hydrogens is 356 g/mol. The monoisotopic (exact) mass is 384 g/mol. The summed E-state index contributed by atoms with van der Waals surface area (Å²) in [7, 11) is 3.95. The van der Waals surface area contributed by atoms with E-state index in [0.29, 0.717) is 0 Å². The van der Waals surface area contributed by atoms with Gasteiger partial charge in [-0.15, -0.1) is 0 Å². The van der Waals surface area contributed by atoms with Crippen molar-refractivity contribution in [3.63, 3.8) is 0 Å². The molecule has 0 bridgehead atoms. The Balaban J connectivity index is 1.81. The molecular formula is C25H28N4. The Labute approximate surface area is 172 Å². The number of rotatable bonds is 5. The zero-order chi connectivity index (χ0) is 20.5. The number of allylic oxidation sites excluding steroid dienone is 4. The molecule has 0 radical (unpaired) electrons. The van der Waals surface area contributed by atoms with Gasteiger partial charge in [-0.05, 0) is 54.2 Å². The van der Waals surface area contributed by atoms with E-state index in [2.05, 4.69) is 54.0 Å². The van der Waals surface area contributed by atoms with Gasteiger partial charge in [0.05, 0.1) is 0 Å². The van der Waals surface area contributed by atoms with Crippen LogP contribution in [0.2, 0.25) is 0 Å². The van der Waals surface area contributed by atoms with Crippen molar-refractivity contribution in [1.82, 2.24) is 14.9 Å². The van der Waals surface area contributed by atoms with Crippen LogP contribution in [0, 0.1) is 0 Å². The van der Waals surface area contributed by atoms with E-state index in [9.17, 15) is 0 Å². The number of anilines is 1. The fraction of sp³-hybridized carbons (Fsp3) is 0.240. The maximum Gasteiger partial charge on any atom is 0.137 e. The number of hydrogen-bond donors (Lipinski definition) is 2. The lowest BCUT2D eigenvalue weighted by Gasteiger charge is -2.18. The molecule has 0 aliphatic heterocycles. The van der Waals surface area contributed by atoms with Crippen molar-refractivity contribution in [1.29, 1.82) is 0 Å². The van der Waals surface area contributed by atoms with E-state index >= 15 is 0 Å². The molecule has 1 aromatic carbocycles. The Kier molecular flexibility index (Phi) is 5.01. The largest absolute Gasteiger partial charge is 0.398 e. The van der Waals surface area contributed by atoms with Gasteiger partial charge in [0, 0.05) is 60.0 Å². The van der Waals surface area contributed by atoms with E-state index in [0.717, 1.165) is 58.4 Å². The van der Waals surface area contributed by atoms with Crippen molar-refractivity contribution in [3.8, 4) is 11.1 Å². The third-order valence-electron chi connectivity index (χ3n) is 5.69. The third kappa shape index (κ3) is 3.46. The molecule has 3 N–H and O–H groups in total. The number of nitrogens with two attached hydrogens (primary N) is 1. The van der Waals surface area contributed by atoms with E-state index in [1.165, 1.54) is 16.7 Å². The average molecular weight is 385 g/mol. The lowest BCUT2D eigenvalue weighted by molar-refractivity contribution is 0.594. The highest BCUT2D eigenvalue weighted by Gasteiger charge is 2.16. The molecule has 29 heavy (non-hydrogen) atoms. The lowest BCUT2D eigenvalue weighted by atomic mass is 9.90. The summed E-state index contributed by atoms with van der Waals surface area (Å²) in [5, 5.41) is 1.15. The minimum Gasteiger partial charge on any atom is -0.398 e. The number of fused-ring (bicyclic) bond motifs is 1. The van der Waals surface area contributed by atoms with Crippen LogP contribution in [0.1, 0.15) is 37.3 Å². The molecule has 0 spiro atoms. The topological polar surface area (TPSA) is 57.9 Å². The number of H-pyrrole nitrogens is 1. The van der Waals surface area contributed by atoms with Crippen LogP contribution in [-0.2, 0) is 0 Å². The van der Waals surface area contributed by atoms with E-state index in [-0.39, 0.29) is 0 Å². The fourth-order valence-corrected chi connectivity index (χ4v) is 3.95. The summed E-state index contributed by atoms with van der Waals surface area (Å²) >= 11 is 0. The molecule has 0 saturated carbocycles. The number of hydrogen-bond acceptors (Lipinski definition) is 3. The Morgan fingerprint density at radius 3 is 2.72 bits per heavy atom. The molecule has 4 heteroatoms. The summed E-state index contributed by atoms with van der Waals surface area (Å²) in [6, 6.07) is 8.33. The van der Waals surface area contributed by atoms with Crippen molar-refractivity contribution in [2.45, 2.75) is 26.2 Å². The minimum atomic E-state index is 0.730. The Morgan fingerprint density at radius 1 is 1.17 bits per heavy atom. The first-order chi connectivity index (χ1) is 14.0. The zero-order valence-corrected chi connectivity index (χ0v) is 17.4. The van der Waals surface area contributed by atoms with Crippen molar-refractivity contribution >= 4 is 28.0 Å². The molecule has 2 heterocycles. The van der Waals surface area contributed by atoms with Gasteiger partial charge < -0.3 is 15.6 Å². The summed E-state index contributed by atoms with van der Waals surface area (Å²) < 4.78 is 0. The molecule has 2 aromatic heterocycles. The second kappa shape index (κ2) is 7.63. The quantitative estimate of drug-likeness (QED) is 0.542.